The van der Waals surface area contributed by atoms with E-state index in [0.29, 0.717) is 23.4 Å². The first kappa shape index (κ1) is 24.5. The van der Waals surface area contributed by atoms with Gasteiger partial charge in [0.25, 0.3) is 11.8 Å². The average Bonchev–Trinajstić information content (AvgIpc) is 2.88. The van der Waals surface area contributed by atoms with Crippen LogP contribution in [0.1, 0.15) is 71.9 Å². The molecule has 0 saturated carbocycles. The van der Waals surface area contributed by atoms with E-state index in [2.05, 4.69) is 41.3 Å². The van der Waals surface area contributed by atoms with E-state index in [1.54, 1.807) is 18.5 Å². The number of pyridine rings is 1. The summed E-state index contributed by atoms with van der Waals surface area (Å²) < 4.78 is 0. The predicted molar refractivity (Wildman–Crippen MR) is 141 cm³/mol. The maximum Gasteiger partial charge on any atom is 0.255 e. The second-order valence-corrected chi connectivity index (χ2v) is 10.1. The molecule has 2 heterocycles. The number of aromatic nitrogens is 1. The Morgan fingerprint density at radius 2 is 1.69 bits per heavy atom. The fourth-order valence-electron chi connectivity index (χ4n) is 4.31. The van der Waals surface area contributed by atoms with E-state index in [1.807, 2.05) is 48.5 Å². The zero-order valence-corrected chi connectivity index (χ0v) is 20.8. The highest BCUT2D eigenvalue weighted by Gasteiger charge is 2.20. The van der Waals surface area contributed by atoms with Crippen molar-refractivity contribution < 1.29 is 9.59 Å². The van der Waals surface area contributed by atoms with E-state index < -0.39 is 0 Å². The maximum absolute atomic E-state index is 13.3. The molecule has 6 heteroatoms. The van der Waals surface area contributed by atoms with E-state index in [9.17, 15) is 9.59 Å². The first-order valence-electron chi connectivity index (χ1n) is 12.3. The number of carbonyl (C=O) groups is 2. The second-order valence-electron chi connectivity index (χ2n) is 10.1. The lowest BCUT2D eigenvalue weighted by Crippen LogP contribution is -2.32. The largest absolute Gasteiger partial charge is 0.371 e. The summed E-state index contributed by atoms with van der Waals surface area (Å²) in [6.45, 7) is 8.68. The summed E-state index contributed by atoms with van der Waals surface area (Å²) in [6, 6.07) is 17.1. The van der Waals surface area contributed by atoms with Crippen LogP contribution >= 0.6 is 0 Å². The molecule has 0 atom stereocenters. The molecule has 1 aliphatic rings. The Morgan fingerprint density at radius 3 is 2.34 bits per heavy atom. The molecular formula is C29H34N4O2. The van der Waals surface area contributed by atoms with Gasteiger partial charge in [-0.05, 0) is 72.2 Å². The molecule has 0 spiro atoms. The smallest absolute Gasteiger partial charge is 0.255 e. The maximum atomic E-state index is 13.3. The van der Waals surface area contributed by atoms with Gasteiger partial charge in [-0.1, -0.05) is 39.0 Å². The molecule has 6 nitrogen and oxygen atoms in total. The van der Waals surface area contributed by atoms with Gasteiger partial charge in [0.15, 0.2) is 0 Å². The third-order valence-electron chi connectivity index (χ3n) is 6.38. The number of anilines is 2. The number of hydrogen-bond donors (Lipinski definition) is 2. The molecule has 35 heavy (non-hydrogen) atoms. The van der Waals surface area contributed by atoms with Crippen molar-refractivity contribution in [3.8, 4) is 0 Å². The summed E-state index contributed by atoms with van der Waals surface area (Å²) in [6.07, 6.45) is 6.89. The van der Waals surface area contributed by atoms with Crippen LogP contribution in [0.25, 0.3) is 0 Å². The lowest BCUT2D eigenvalue weighted by atomic mass is 9.87. The van der Waals surface area contributed by atoms with Gasteiger partial charge in [0.2, 0.25) is 0 Å². The van der Waals surface area contributed by atoms with Crippen LogP contribution < -0.4 is 15.5 Å². The van der Waals surface area contributed by atoms with Crippen molar-refractivity contribution in [3.63, 3.8) is 0 Å². The number of nitrogens with one attached hydrogen (secondary N) is 2. The van der Waals surface area contributed by atoms with Gasteiger partial charge in [0.05, 0.1) is 5.56 Å². The number of benzene rings is 2. The molecule has 182 valence electrons. The van der Waals surface area contributed by atoms with Crippen LogP contribution in [0.5, 0.6) is 0 Å². The Balaban J connectivity index is 1.54. The summed E-state index contributed by atoms with van der Waals surface area (Å²) >= 11 is 0. The first-order valence-corrected chi connectivity index (χ1v) is 12.3. The number of hydrogen-bond acceptors (Lipinski definition) is 4. The second kappa shape index (κ2) is 10.7. The van der Waals surface area contributed by atoms with Crippen molar-refractivity contribution in [1.82, 2.24) is 10.3 Å². The SMILES string of the molecule is CC(C)(C)c1ccc(C(=O)Nc2ccc(N3CCCCC3)c(C(=O)NCc3cccnc3)c2)cc1. The summed E-state index contributed by atoms with van der Waals surface area (Å²) in [5.74, 6) is -0.363. The molecule has 2 N–H and O–H groups in total. The van der Waals surface area contributed by atoms with Gasteiger partial charge < -0.3 is 15.5 Å². The van der Waals surface area contributed by atoms with E-state index in [1.165, 1.54) is 12.0 Å². The Bertz CT molecular complexity index is 1160. The van der Waals surface area contributed by atoms with E-state index in [0.717, 1.165) is 37.2 Å². The molecule has 0 radical (unpaired) electrons. The highest BCUT2D eigenvalue weighted by molar-refractivity contribution is 6.06. The van der Waals surface area contributed by atoms with E-state index >= 15 is 0 Å². The molecule has 1 fully saturated rings. The molecule has 0 bridgehead atoms. The van der Waals surface area contributed by atoms with Crippen LogP contribution in [0, 0.1) is 0 Å². The quantitative estimate of drug-likeness (QED) is 0.495. The summed E-state index contributed by atoms with van der Waals surface area (Å²) in [7, 11) is 0. The fraction of sp³-hybridized carbons (Fsp3) is 0.345. The lowest BCUT2D eigenvalue weighted by Gasteiger charge is -2.30. The van der Waals surface area contributed by atoms with Crippen LogP contribution in [0.4, 0.5) is 11.4 Å². The Morgan fingerprint density at radius 1 is 0.943 bits per heavy atom. The van der Waals surface area contributed by atoms with Gasteiger partial charge in [-0.3, -0.25) is 14.6 Å². The monoisotopic (exact) mass is 470 g/mol. The Hall–Kier alpha value is -3.67. The molecule has 0 aliphatic carbocycles. The predicted octanol–water partition coefficient (Wildman–Crippen LogP) is 5.55. The fourth-order valence-corrected chi connectivity index (χ4v) is 4.31. The standard InChI is InChI=1S/C29H34N4O2/c1-29(2,3)23-11-9-22(10-12-23)27(34)32-24-13-14-26(33-16-5-4-6-17-33)25(18-24)28(35)31-20-21-8-7-15-30-19-21/h7-15,18-19H,4-6,16-17,20H2,1-3H3,(H,31,35)(H,32,34). The van der Waals surface area contributed by atoms with Crippen molar-refractivity contribution in [2.75, 3.05) is 23.3 Å². The highest BCUT2D eigenvalue weighted by atomic mass is 16.2. The van der Waals surface area contributed by atoms with Crippen LogP contribution in [0.2, 0.25) is 0 Å². The van der Waals surface area contributed by atoms with Gasteiger partial charge in [-0.15, -0.1) is 0 Å². The normalized spacial score (nSPS) is 13.9. The van der Waals surface area contributed by atoms with Crippen LogP contribution in [-0.4, -0.2) is 29.9 Å². The minimum atomic E-state index is -0.196. The van der Waals surface area contributed by atoms with Crippen LogP contribution in [0.15, 0.2) is 67.0 Å². The molecule has 1 saturated heterocycles. The van der Waals surface area contributed by atoms with E-state index in [-0.39, 0.29) is 17.2 Å². The van der Waals surface area contributed by atoms with Crippen LogP contribution in [-0.2, 0) is 12.0 Å². The molecule has 2 amide bonds. The van der Waals surface area contributed by atoms with Gasteiger partial charge >= 0.3 is 0 Å². The van der Waals surface area contributed by atoms with Crippen molar-refractivity contribution in [2.45, 2.75) is 52.0 Å². The minimum Gasteiger partial charge on any atom is -0.371 e. The zero-order chi connectivity index (χ0) is 24.8. The molecule has 3 aromatic rings. The Kier molecular flexibility index (Phi) is 7.49. The molecule has 1 aliphatic heterocycles. The zero-order valence-electron chi connectivity index (χ0n) is 20.8. The molecule has 4 rings (SSSR count). The Labute approximate surface area is 207 Å². The molecule has 1 aromatic heterocycles. The van der Waals surface area contributed by atoms with Crippen molar-refractivity contribution in [1.29, 1.82) is 0 Å². The number of nitrogens with zero attached hydrogens (tertiary/aromatic N) is 2. The molecule has 2 aromatic carbocycles. The van der Waals surface area contributed by atoms with Gasteiger partial charge in [-0.2, -0.15) is 0 Å². The lowest BCUT2D eigenvalue weighted by molar-refractivity contribution is 0.0950. The van der Waals surface area contributed by atoms with Crippen molar-refractivity contribution in [2.24, 2.45) is 0 Å². The number of piperidine rings is 1. The van der Waals surface area contributed by atoms with Gasteiger partial charge in [0.1, 0.15) is 0 Å². The highest BCUT2D eigenvalue weighted by Crippen LogP contribution is 2.28. The van der Waals surface area contributed by atoms with Crippen molar-refractivity contribution in [3.05, 3.63) is 89.2 Å². The molecular weight excluding hydrogens is 436 g/mol. The summed E-state index contributed by atoms with van der Waals surface area (Å²) in [4.78, 5) is 32.6. The van der Waals surface area contributed by atoms with Crippen LogP contribution in [0.3, 0.4) is 0 Å². The van der Waals surface area contributed by atoms with Gasteiger partial charge in [-0.25, -0.2) is 0 Å². The van der Waals surface area contributed by atoms with Crippen molar-refractivity contribution >= 4 is 23.2 Å². The van der Waals surface area contributed by atoms with E-state index in [4.69, 9.17) is 0 Å². The third-order valence-corrected chi connectivity index (χ3v) is 6.38. The number of carbonyl (C=O) groups excluding carboxylic acids is 2. The van der Waals surface area contributed by atoms with Gasteiger partial charge in [0, 0.05) is 49.0 Å². The summed E-state index contributed by atoms with van der Waals surface area (Å²) in [5, 5.41) is 5.98. The summed E-state index contributed by atoms with van der Waals surface area (Å²) in [5.41, 5.74) is 4.79. The number of rotatable bonds is 6. The first-order chi connectivity index (χ1) is 16.8. The average molecular weight is 471 g/mol. The minimum absolute atomic E-state index is 0.0252. The third kappa shape index (κ3) is 6.27. The molecule has 0 unspecified atom stereocenters. The number of amides is 2. The topological polar surface area (TPSA) is 74.3 Å².